The highest BCUT2D eigenvalue weighted by Gasteiger charge is 2.18. The van der Waals surface area contributed by atoms with Gasteiger partial charge in [0.25, 0.3) is 0 Å². The summed E-state index contributed by atoms with van der Waals surface area (Å²) in [5.41, 5.74) is 1.81. The van der Waals surface area contributed by atoms with Crippen molar-refractivity contribution in [3.05, 3.63) is 86.7 Å². The maximum Gasteiger partial charge on any atom is 0.235 e. The van der Waals surface area contributed by atoms with Crippen LogP contribution in [0.4, 0.5) is 0 Å². The average molecular weight is 481 g/mol. The van der Waals surface area contributed by atoms with Gasteiger partial charge in [0.15, 0.2) is 6.79 Å². The summed E-state index contributed by atoms with van der Waals surface area (Å²) in [4.78, 5) is 13.1. The molecule has 0 saturated heterocycles. The van der Waals surface area contributed by atoms with E-state index in [1.165, 1.54) is 0 Å². The molecule has 0 fully saturated rings. The average Bonchev–Trinajstić information content (AvgIpc) is 2.85. The second-order valence-corrected chi connectivity index (χ2v) is 8.14. The topological polar surface area (TPSA) is 76.4 Å². The third kappa shape index (κ3) is 4.40. The fourth-order valence-electron chi connectivity index (χ4n) is 3.78. The molecule has 174 valence electrons. The molecule has 0 spiro atoms. The van der Waals surface area contributed by atoms with E-state index in [4.69, 9.17) is 39.7 Å². The maximum atomic E-state index is 13.1. The lowest BCUT2D eigenvalue weighted by atomic mass is 10.1. The van der Waals surface area contributed by atoms with Crippen molar-refractivity contribution in [3.63, 3.8) is 0 Å². The van der Waals surface area contributed by atoms with Crippen LogP contribution < -0.4 is 24.4 Å². The van der Waals surface area contributed by atoms with Crippen molar-refractivity contribution in [3.8, 4) is 28.7 Å². The molecule has 0 radical (unpaired) electrons. The number of aryl methyl sites for hydroxylation is 1. The van der Waals surface area contributed by atoms with Gasteiger partial charge in [-0.3, -0.25) is 4.79 Å². The molecule has 0 amide bonds. The van der Waals surface area contributed by atoms with Crippen LogP contribution in [0.3, 0.4) is 0 Å². The Morgan fingerprint density at radius 2 is 1.88 bits per heavy atom. The number of hydrogen-bond acceptors (Lipinski definition) is 7. The molecular weight excluding hydrogens is 460 g/mol. The van der Waals surface area contributed by atoms with Gasteiger partial charge in [0.05, 0.1) is 19.1 Å². The monoisotopic (exact) mass is 480 g/mol. The molecule has 3 aromatic carbocycles. The van der Waals surface area contributed by atoms with Crippen LogP contribution in [0.5, 0.6) is 28.7 Å². The van der Waals surface area contributed by atoms with E-state index >= 15 is 0 Å². The Labute approximate surface area is 200 Å². The number of ether oxygens (including phenoxy) is 5. The molecule has 4 aromatic rings. The molecule has 1 aliphatic rings. The number of methoxy groups -OCH3 is 1. The lowest BCUT2D eigenvalue weighted by Gasteiger charge is -2.21. The molecule has 0 N–H and O–H groups in total. The van der Waals surface area contributed by atoms with Gasteiger partial charge < -0.3 is 28.1 Å². The van der Waals surface area contributed by atoms with E-state index in [9.17, 15) is 4.79 Å². The van der Waals surface area contributed by atoms with Crippen molar-refractivity contribution in [2.24, 2.45) is 0 Å². The van der Waals surface area contributed by atoms with E-state index in [1.54, 1.807) is 62.6 Å². The second-order valence-electron chi connectivity index (χ2n) is 7.71. The van der Waals surface area contributed by atoms with Gasteiger partial charge >= 0.3 is 0 Å². The van der Waals surface area contributed by atoms with Gasteiger partial charge in [-0.2, -0.15) is 0 Å². The molecule has 1 aromatic heterocycles. The van der Waals surface area contributed by atoms with E-state index < -0.39 is 0 Å². The summed E-state index contributed by atoms with van der Waals surface area (Å²) in [5, 5.41) is 0.964. The molecule has 8 heteroatoms. The van der Waals surface area contributed by atoms with Gasteiger partial charge in [0.2, 0.25) is 11.2 Å². The first-order chi connectivity index (χ1) is 16.5. The Morgan fingerprint density at radius 3 is 2.74 bits per heavy atom. The van der Waals surface area contributed by atoms with Crippen LogP contribution in [0.2, 0.25) is 5.02 Å². The van der Waals surface area contributed by atoms with Gasteiger partial charge in [-0.1, -0.05) is 17.7 Å². The largest absolute Gasteiger partial charge is 0.497 e. The van der Waals surface area contributed by atoms with Crippen LogP contribution in [-0.4, -0.2) is 13.9 Å². The Balaban J connectivity index is 1.41. The third-order valence-corrected chi connectivity index (χ3v) is 5.61. The summed E-state index contributed by atoms with van der Waals surface area (Å²) in [6.45, 7) is 2.53. The normalized spacial score (nSPS) is 12.7. The van der Waals surface area contributed by atoms with Crippen LogP contribution >= 0.6 is 11.6 Å². The molecule has 0 atom stereocenters. The summed E-state index contributed by atoms with van der Waals surface area (Å²) >= 11 is 6.23. The Hall–Kier alpha value is -3.68. The highest BCUT2D eigenvalue weighted by molar-refractivity contribution is 6.30. The van der Waals surface area contributed by atoms with Gasteiger partial charge in [-0.15, -0.1) is 0 Å². The molecule has 0 unspecified atom stereocenters. The van der Waals surface area contributed by atoms with Gasteiger partial charge in [0.1, 0.15) is 40.9 Å². The predicted molar refractivity (Wildman–Crippen MR) is 126 cm³/mol. The zero-order valence-electron chi connectivity index (χ0n) is 18.6. The fourth-order valence-corrected chi connectivity index (χ4v) is 4.05. The molecular formula is C26H21ClO7. The third-order valence-electron chi connectivity index (χ3n) is 5.39. The zero-order valence-corrected chi connectivity index (χ0v) is 19.3. The van der Waals surface area contributed by atoms with Crippen LogP contribution in [-0.2, 0) is 18.0 Å². The van der Waals surface area contributed by atoms with Crippen molar-refractivity contribution in [2.75, 3.05) is 13.9 Å². The minimum absolute atomic E-state index is 0.124. The molecule has 5 rings (SSSR count). The van der Waals surface area contributed by atoms with Crippen molar-refractivity contribution < 1.29 is 28.1 Å². The predicted octanol–water partition coefficient (Wildman–Crippen LogP) is 6.00. The first-order valence-corrected chi connectivity index (χ1v) is 10.9. The Bertz CT molecular complexity index is 1430. The first-order valence-electron chi connectivity index (χ1n) is 10.6. The number of hydrogen-bond donors (Lipinski definition) is 0. The van der Waals surface area contributed by atoms with E-state index in [0.29, 0.717) is 45.6 Å². The molecule has 2 heterocycles. The van der Waals surface area contributed by atoms with Crippen LogP contribution in [0.25, 0.3) is 11.0 Å². The quantitative estimate of drug-likeness (QED) is 0.335. The Kier molecular flexibility index (Phi) is 6.04. The van der Waals surface area contributed by atoms with Crippen LogP contribution in [0.1, 0.15) is 16.9 Å². The number of fused-ring (bicyclic) bond motifs is 2. The summed E-state index contributed by atoms with van der Waals surface area (Å²) in [6, 6.07) is 15.7. The smallest absolute Gasteiger partial charge is 0.235 e. The minimum atomic E-state index is -0.273. The number of rotatable bonds is 6. The van der Waals surface area contributed by atoms with E-state index in [1.807, 2.05) is 6.07 Å². The van der Waals surface area contributed by atoms with Crippen molar-refractivity contribution >= 4 is 22.6 Å². The summed E-state index contributed by atoms with van der Waals surface area (Å²) in [6.07, 6.45) is 0. The van der Waals surface area contributed by atoms with E-state index in [2.05, 4.69) is 0 Å². The van der Waals surface area contributed by atoms with Crippen molar-refractivity contribution in [1.29, 1.82) is 0 Å². The molecule has 7 nitrogen and oxygen atoms in total. The number of benzene rings is 3. The minimum Gasteiger partial charge on any atom is -0.497 e. The van der Waals surface area contributed by atoms with Crippen molar-refractivity contribution in [1.82, 2.24) is 0 Å². The highest BCUT2D eigenvalue weighted by atomic mass is 35.5. The Morgan fingerprint density at radius 1 is 1.03 bits per heavy atom. The highest BCUT2D eigenvalue weighted by Crippen LogP contribution is 2.33. The SMILES string of the molecule is COc1cccc(Oc2c(C)oc3cc(OCc4cc(Cl)cc5c4OCOC5)ccc3c2=O)c1. The van der Waals surface area contributed by atoms with Gasteiger partial charge in [0, 0.05) is 28.3 Å². The zero-order chi connectivity index (χ0) is 23.7. The lowest BCUT2D eigenvalue weighted by molar-refractivity contribution is -0.0175. The second kappa shape index (κ2) is 9.29. The maximum absolute atomic E-state index is 13.1. The number of halogens is 1. The lowest BCUT2D eigenvalue weighted by Crippen LogP contribution is -2.14. The summed E-state index contributed by atoms with van der Waals surface area (Å²) in [7, 11) is 1.57. The first kappa shape index (κ1) is 22.1. The van der Waals surface area contributed by atoms with Crippen molar-refractivity contribution in [2.45, 2.75) is 20.1 Å². The molecule has 34 heavy (non-hydrogen) atoms. The summed E-state index contributed by atoms with van der Waals surface area (Å²) in [5.74, 6) is 2.84. The van der Waals surface area contributed by atoms with Gasteiger partial charge in [-0.05, 0) is 43.3 Å². The summed E-state index contributed by atoms with van der Waals surface area (Å²) < 4.78 is 33.9. The van der Waals surface area contributed by atoms with Gasteiger partial charge in [-0.25, -0.2) is 0 Å². The standard InChI is InChI=1S/C26H21ClO7/c1-15-25(34-21-5-3-4-19(10-21)29-2)24(28)22-7-6-20(11-23(22)33-15)31-13-17-9-18(27)8-16-12-30-14-32-26(16)17/h3-11H,12-14H2,1-2H3. The molecule has 0 aliphatic carbocycles. The molecule has 0 saturated carbocycles. The molecule has 1 aliphatic heterocycles. The molecule has 0 bridgehead atoms. The van der Waals surface area contributed by atoms with E-state index in [-0.39, 0.29) is 24.6 Å². The van der Waals surface area contributed by atoms with Crippen LogP contribution in [0, 0.1) is 6.92 Å². The van der Waals surface area contributed by atoms with Crippen LogP contribution in [0.15, 0.2) is 63.8 Å². The van der Waals surface area contributed by atoms with E-state index in [0.717, 1.165) is 16.9 Å². The fraction of sp³-hybridized carbons (Fsp3) is 0.192.